The molecule has 4 rings (SSSR count). The molecule has 140 valence electrons. The van der Waals surface area contributed by atoms with Crippen LogP contribution in [0, 0.1) is 0 Å². The van der Waals surface area contributed by atoms with Crippen molar-refractivity contribution in [2.24, 2.45) is 0 Å². The van der Waals surface area contributed by atoms with Gasteiger partial charge in [-0.2, -0.15) is 5.10 Å². The van der Waals surface area contributed by atoms with E-state index in [4.69, 9.17) is 16.3 Å². The zero-order valence-electron chi connectivity index (χ0n) is 15.0. The number of aromatic nitrogens is 2. The van der Waals surface area contributed by atoms with Crippen LogP contribution in [0.3, 0.4) is 0 Å². The highest BCUT2D eigenvalue weighted by Crippen LogP contribution is 2.29. The van der Waals surface area contributed by atoms with Crippen LogP contribution in [0.2, 0.25) is 5.02 Å². The monoisotopic (exact) mass is 391 g/mol. The molecule has 1 aliphatic heterocycles. The molecule has 0 fully saturated rings. The van der Waals surface area contributed by atoms with Crippen molar-refractivity contribution >= 4 is 23.6 Å². The third-order valence-corrected chi connectivity index (χ3v) is 4.51. The molecule has 0 saturated heterocycles. The number of fused-ring (bicyclic) bond motifs is 1. The largest absolute Gasteiger partial charge is 0.488 e. The van der Waals surface area contributed by atoms with Crippen molar-refractivity contribution in [1.82, 2.24) is 15.1 Å². The number of ether oxygens (including phenoxy) is 1. The van der Waals surface area contributed by atoms with E-state index in [0.29, 0.717) is 18.2 Å². The first-order valence-corrected chi connectivity index (χ1v) is 9.23. The third-order valence-electron chi connectivity index (χ3n) is 4.28. The quantitative estimate of drug-likeness (QED) is 0.664. The fraction of sp³-hybridized carbons (Fsp3) is 0.0909. The Hall–Kier alpha value is -3.31. The van der Waals surface area contributed by atoms with E-state index < -0.39 is 0 Å². The summed E-state index contributed by atoms with van der Waals surface area (Å²) in [6.45, 7) is 0.826. The molecule has 0 saturated carbocycles. The molecule has 0 unspecified atom stereocenters. The van der Waals surface area contributed by atoms with Crippen molar-refractivity contribution in [3.05, 3.63) is 94.8 Å². The van der Waals surface area contributed by atoms with Gasteiger partial charge in [-0.05, 0) is 42.0 Å². The Kier molecular flexibility index (Phi) is 5.26. The first kappa shape index (κ1) is 18.1. The van der Waals surface area contributed by atoms with Crippen molar-refractivity contribution in [1.29, 1.82) is 0 Å². The van der Waals surface area contributed by atoms with Gasteiger partial charge < -0.3 is 10.1 Å². The topological polar surface area (TPSA) is 56.1 Å². The van der Waals surface area contributed by atoms with Gasteiger partial charge in [0.05, 0.1) is 11.9 Å². The predicted molar refractivity (Wildman–Crippen MR) is 109 cm³/mol. The lowest BCUT2D eigenvalue weighted by Gasteiger charge is -2.16. The van der Waals surface area contributed by atoms with Crippen LogP contribution in [0.15, 0.2) is 78.6 Å². The van der Waals surface area contributed by atoms with Gasteiger partial charge in [-0.3, -0.25) is 4.79 Å². The van der Waals surface area contributed by atoms with Gasteiger partial charge in [0.2, 0.25) is 5.91 Å². The van der Waals surface area contributed by atoms with Crippen LogP contribution in [0.1, 0.15) is 11.1 Å². The molecule has 1 N–H and O–H groups in total. The minimum absolute atomic E-state index is 0.176. The summed E-state index contributed by atoms with van der Waals surface area (Å²) in [5, 5.41) is 7.84. The Morgan fingerprint density at radius 3 is 2.96 bits per heavy atom. The lowest BCUT2D eigenvalue weighted by Crippen LogP contribution is -2.20. The Bertz CT molecular complexity index is 1050. The van der Waals surface area contributed by atoms with Crippen LogP contribution in [0.25, 0.3) is 11.8 Å². The molecule has 1 aliphatic rings. The maximum Gasteiger partial charge on any atom is 0.244 e. The molecule has 0 spiro atoms. The molecule has 2 heterocycles. The van der Waals surface area contributed by atoms with Crippen LogP contribution in [0.5, 0.6) is 5.75 Å². The number of rotatable bonds is 5. The number of carbonyl (C=O) groups excluding carboxylic acids is 1. The van der Waals surface area contributed by atoms with Gasteiger partial charge in [0, 0.05) is 35.0 Å². The van der Waals surface area contributed by atoms with E-state index in [2.05, 4.69) is 10.4 Å². The Balaban J connectivity index is 1.34. The third kappa shape index (κ3) is 4.32. The van der Waals surface area contributed by atoms with Gasteiger partial charge >= 0.3 is 0 Å². The van der Waals surface area contributed by atoms with Gasteiger partial charge in [0.1, 0.15) is 12.4 Å². The number of amides is 1. The molecule has 2 aromatic carbocycles. The molecule has 1 amide bonds. The van der Waals surface area contributed by atoms with E-state index in [1.54, 1.807) is 23.0 Å². The van der Waals surface area contributed by atoms with Crippen LogP contribution in [-0.2, 0) is 11.3 Å². The molecule has 0 atom stereocenters. The second kappa shape index (κ2) is 8.15. The fourth-order valence-corrected chi connectivity index (χ4v) is 3.05. The molecule has 0 bridgehead atoms. The highest BCUT2D eigenvalue weighted by molar-refractivity contribution is 6.30. The predicted octanol–water partition coefficient (Wildman–Crippen LogP) is 4.17. The fourth-order valence-electron chi connectivity index (χ4n) is 2.87. The molecule has 1 aromatic heterocycles. The summed E-state index contributed by atoms with van der Waals surface area (Å²) in [5.74, 6) is 0.617. The first-order chi connectivity index (χ1) is 13.7. The van der Waals surface area contributed by atoms with Gasteiger partial charge in [0.25, 0.3) is 0 Å². The number of carbonyl (C=O) groups is 1. The molecular formula is C22H18ClN3O2. The van der Waals surface area contributed by atoms with Crippen molar-refractivity contribution in [3.8, 4) is 11.4 Å². The summed E-state index contributed by atoms with van der Waals surface area (Å²) in [5.41, 5.74) is 3.72. The number of nitrogens with zero attached hydrogens (tertiary/aromatic N) is 2. The smallest absolute Gasteiger partial charge is 0.244 e. The normalized spacial score (nSPS) is 13.0. The molecular weight excluding hydrogens is 374 g/mol. The lowest BCUT2D eigenvalue weighted by atomic mass is 10.1. The summed E-state index contributed by atoms with van der Waals surface area (Å²) in [6, 6.07) is 15.3. The van der Waals surface area contributed by atoms with E-state index in [0.717, 1.165) is 28.1 Å². The van der Waals surface area contributed by atoms with Gasteiger partial charge in [0.15, 0.2) is 0 Å². The molecule has 28 heavy (non-hydrogen) atoms. The molecule has 3 aromatic rings. The first-order valence-electron chi connectivity index (χ1n) is 8.85. The molecule has 0 aliphatic carbocycles. The van der Waals surface area contributed by atoms with E-state index in [9.17, 15) is 4.79 Å². The number of hydrogen-bond donors (Lipinski definition) is 1. The maximum atomic E-state index is 12.1. The average molecular weight is 392 g/mol. The number of nitrogens with one attached hydrogen (secondary N) is 1. The van der Waals surface area contributed by atoms with E-state index in [1.165, 1.54) is 6.08 Å². The van der Waals surface area contributed by atoms with Gasteiger partial charge in [-0.25, -0.2) is 4.68 Å². The molecule has 5 nitrogen and oxygen atoms in total. The van der Waals surface area contributed by atoms with Crippen LogP contribution in [-0.4, -0.2) is 22.3 Å². The minimum Gasteiger partial charge on any atom is -0.488 e. The Morgan fingerprint density at radius 2 is 2.11 bits per heavy atom. The van der Waals surface area contributed by atoms with E-state index >= 15 is 0 Å². The molecule has 0 radical (unpaired) electrons. The summed E-state index contributed by atoms with van der Waals surface area (Å²) in [4.78, 5) is 12.1. The standard InChI is InChI=1S/C22H18ClN3O2/c23-19-7-8-21-18(11-19)10-16(15-28-21)6-9-22(27)24-12-17-13-25-26(14-17)20-4-2-1-3-5-20/h1-11,13-14H,12,15H2,(H,24,27)/b9-6+. The summed E-state index contributed by atoms with van der Waals surface area (Å²) >= 11 is 6.02. The second-order valence-electron chi connectivity index (χ2n) is 6.37. The van der Waals surface area contributed by atoms with Gasteiger partial charge in [-0.15, -0.1) is 0 Å². The Morgan fingerprint density at radius 1 is 1.25 bits per heavy atom. The zero-order valence-corrected chi connectivity index (χ0v) is 15.8. The highest BCUT2D eigenvalue weighted by Gasteiger charge is 2.10. The van der Waals surface area contributed by atoms with Crippen LogP contribution < -0.4 is 10.1 Å². The number of para-hydroxylation sites is 1. The van der Waals surface area contributed by atoms with E-state index in [1.807, 2.05) is 54.7 Å². The maximum absolute atomic E-state index is 12.1. The zero-order chi connectivity index (χ0) is 19.3. The van der Waals surface area contributed by atoms with Crippen LogP contribution >= 0.6 is 11.6 Å². The van der Waals surface area contributed by atoms with Gasteiger partial charge in [-0.1, -0.05) is 35.9 Å². The highest BCUT2D eigenvalue weighted by atomic mass is 35.5. The van der Waals surface area contributed by atoms with Crippen molar-refractivity contribution in [3.63, 3.8) is 0 Å². The lowest BCUT2D eigenvalue weighted by molar-refractivity contribution is -0.116. The van der Waals surface area contributed by atoms with Crippen LogP contribution in [0.4, 0.5) is 0 Å². The average Bonchev–Trinajstić information content (AvgIpc) is 3.20. The SMILES string of the molecule is O=C(/C=C/C1=Cc2cc(Cl)ccc2OC1)NCc1cnn(-c2ccccc2)c1. The molecule has 6 heteroatoms. The minimum atomic E-state index is -0.176. The van der Waals surface area contributed by atoms with Crippen molar-refractivity contribution in [2.75, 3.05) is 6.61 Å². The number of hydrogen-bond acceptors (Lipinski definition) is 3. The summed E-state index contributed by atoms with van der Waals surface area (Å²) < 4.78 is 7.46. The number of benzene rings is 2. The summed E-state index contributed by atoms with van der Waals surface area (Å²) in [6.07, 6.45) is 8.88. The van der Waals surface area contributed by atoms with Crippen molar-refractivity contribution in [2.45, 2.75) is 6.54 Å². The van der Waals surface area contributed by atoms with Crippen molar-refractivity contribution < 1.29 is 9.53 Å². The second-order valence-corrected chi connectivity index (χ2v) is 6.81. The Labute approximate surface area is 167 Å². The van der Waals surface area contributed by atoms with E-state index in [-0.39, 0.29) is 5.91 Å². The summed E-state index contributed by atoms with van der Waals surface area (Å²) in [7, 11) is 0. The number of halogens is 1.